The number of rotatable bonds is 1. The van der Waals surface area contributed by atoms with Crippen molar-refractivity contribution in [3.05, 3.63) is 0 Å². The van der Waals surface area contributed by atoms with Crippen LogP contribution in [0.3, 0.4) is 0 Å². The third-order valence-electron chi connectivity index (χ3n) is 5.01. The zero-order valence-electron chi connectivity index (χ0n) is 11.2. The van der Waals surface area contributed by atoms with Gasteiger partial charge in [0.2, 0.25) is 0 Å². The molecule has 17 heavy (non-hydrogen) atoms. The molecule has 1 atom stereocenters. The average Bonchev–Trinajstić information content (AvgIpc) is 2.65. The van der Waals surface area contributed by atoms with Crippen molar-refractivity contribution in [2.24, 2.45) is 5.41 Å². The number of ether oxygens (including phenoxy) is 1. The Hall–Kier alpha value is -0.0951. The summed E-state index contributed by atoms with van der Waals surface area (Å²) in [5.74, 6) is 0.414. The molecule has 0 saturated carbocycles. The minimum atomic E-state index is -0.230. The van der Waals surface area contributed by atoms with Crippen LogP contribution in [-0.2, 0) is 14.0 Å². The first-order valence-electron chi connectivity index (χ1n) is 6.51. The molecule has 4 nitrogen and oxygen atoms in total. The van der Waals surface area contributed by atoms with Crippen LogP contribution in [0, 0.1) is 5.41 Å². The van der Waals surface area contributed by atoms with Gasteiger partial charge in [-0.25, -0.2) is 0 Å². The van der Waals surface area contributed by atoms with E-state index in [2.05, 4.69) is 33.0 Å². The third kappa shape index (κ3) is 1.60. The highest BCUT2D eigenvalue weighted by atomic mass is 16.7. The molecule has 0 bridgehead atoms. The van der Waals surface area contributed by atoms with Crippen LogP contribution < -0.4 is 5.32 Å². The molecule has 3 aliphatic rings. The van der Waals surface area contributed by atoms with Gasteiger partial charge in [-0.05, 0) is 34.2 Å². The lowest BCUT2D eigenvalue weighted by Gasteiger charge is -2.42. The highest BCUT2D eigenvalue weighted by Crippen LogP contribution is 2.49. The molecular weight excluding hydrogens is 217 g/mol. The van der Waals surface area contributed by atoms with Gasteiger partial charge in [-0.3, -0.25) is 0 Å². The Morgan fingerprint density at radius 2 is 1.65 bits per heavy atom. The Morgan fingerprint density at radius 3 is 2.12 bits per heavy atom. The van der Waals surface area contributed by atoms with Gasteiger partial charge in [-0.15, -0.1) is 0 Å². The SMILES string of the molecule is CC1(C)OB(C2CNCC23COC3)OC1(C)C. The van der Waals surface area contributed by atoms with Gasteiger partial charge in [-0.2, -0.15) is 0 Å². The molecule has 96 valence electrons. The standard InChI is InChI=1S/C12H22BNO3/c1-10(2)11(3,4)17-13(16-10)9-5-14-6-12(9)7-15-8-12/h9,14H,5-8H2,1-4H3. The van der Waals surface area contributed by atoms with Crippen molar-refractivity contribution in [3.8, 4) is 0 Å². The Labute approximate surface area is 104 Å². The first-order chi connectivity index (χ1) is 7.86. The summed E-state index contributed by atoms with van der Waals surface area (Å²) < 4.78 is 17.7. The number of nitrogens with one attached hydrogen (secondary N) is 1. The predicted molar refractivity (Wildman–Crippen MR) is 66.0 cm³/mol. The molecule has 0 aromatic rings. The predicted octanol–water partition coefficient (Wildman–Crippen LogP) is 1.07. The zero-order valence-corrected chi connectivity index (χ0v) is 11.2. The van der Waals surface area contributed by atoms with Crippen LogP contribution in [0.5, 0.6) is 0 Å². The molecular formula is C12H22BNO3. The van der Waals surface area contributed by atoms with E-state index in [1.54, 1.807) is 0 Å². The molecule has 5 heteroatoms. The van der Waals surface area contributed by atoms with E-state index in [-0.39, 0.29) is 23.7 Å². The molecule has 3 heterocycles. The molecule has 1 spiro atoms. The van der Waals surface area contributed by atoms with Crippen LogP contribution in [0.15, 0.2) is 0 Å². The van der Waals surface area contributed by atoms with Gasteiger partial charge >= 0.3 is 7.12 Å². The summed E-state index contributed by atoms with van der Waals surface area (Å²) in [4.78, 5) is 0. The monoisotopic (exact) mass is 239 g/mol. The molecule has 3 fully saturated rings. The minimum Gasteiger partial charge on any atom is -0.403 e. The van der Waals surface area contributed by atoms with Gasteiger partial charge < -0.3 is 19.4 Å². The fourth-order valence-electron chi connectivity index (χ4n) is 2.94. The molecule has 1 N–H and O–H groups in total. The lowest BCUT2D eigenvalue weighted by molar-refractivity contribution is -0.103. The molecule has 0 aliphatic carbocycles. The normalized spacial score (nSPS) is 37.4. The van der Waals surface area contributed by atoms with Crippen molar-refractivity contribution in [1.29, 1.82) is 0 Å². The first kappa shape index (κ1) is 12.0. The van der Waals surface area contributed by atoms with Gasteiger partial charge in [0, 0.05) is 17.8 Å². The van der Waals surface area contributed by atoms with Crippen molar-refractivity contribution < 1.29 is 14.0 Å². The summed E-state index contributed by atoms with van der Waals surface area (Å²) in [6, 6.07) is 0. The fraction of sp³-hybridized carbons (Fsp3) is 1.00. The molecule has 3 rings (SSSR count). The van der Waals surface area contributed by atoms with E-state index in [1.807, 2.05) is 0 Å². The summed E-state index contributed by atoms with van der Waals surface area (Å²) in [7, 11) is -0.0982. The smallest absolute Gasteiger partial charge is 0.403 e. The van der Waals surface area contributed by atoms with Crippen molar-refractivity contribution in [3.63, 3.8) is 0 Å². The Bertz CT molecular complexity index is 312. The highest BCUT2D eigenvalue weighted by Gasteiger charge is 2.61. The second kappa shape index (κ2) is 3.47. The summed E-state index contributed by atoms with van der Waals surface area (Å²) >= 11 is 0. The average molecular weight is 239 g/mol. The fourth-order valence-corrected chi connectivity index (χ4v) is 2.94. The maximum atomic E-state index is 6.16. The van der Waals surface area contributed by atoms with E-state index in [9.17, 15) is 0 Å². The third-order valence-corrected chi connectivity index (χ3v) is 5.01. The van der Waals surface area contributed by atoms with E-state index >= 15 is 0 Å². The van der Waals surface area contributed by atoms with Crippen LogP contribution in [0.2, 0.25) is 5.82 Å². The highest BCUT2D eigenvalue weighted by molar-refractivity contribution is 6.48. The second-order valence-corrected chi connectivity index (χ2v) is 6.72. The maximum absolute atomic E-state index is 6.16. The molecule has 0 aromatic heterocycles. The largest absolute Gasteiger partial charge is 0.463 e. The quantitative estimate of drug-likeness (QED) is 0.695. The van der Waals surface area contributed by atoms with Crippen molar-refractivity contribution in [2.75, 3.05) is 26.3 Å². The van der Waals surface area contributed by atoms with E-state index in [1.165, 1.54) is 0 Å². The first-order valence-corrected chi connectivity index (χ1v) is 6.51. The van der Waals surface area contributed by atoms with Crippen LogP contribution in [0.1, 0.15) is 27.7 Å². The molecule has 3 saturated heterocycles. The second-order valence-electron chi connectivity index (χ2n) is 6.72. The zero-order chi connectivity index (χ0) is 12.3. The van der Waals surface area contributed by atoms with Gasteiger partial charge in [0.05, 0.1) is 24.4 Å². The van der Waals surface area contributed by atoms with Gasteiger partial charge in [0.15, 0.2) is 0 Å². The molecule has 0 radical (unpaired) electrons. The van der Waals surface area contributed by atoms with E-state index in [0.717, 1.165) is 26.3 Å². The molecule has 1 unspecified atom stereocenters. The summed E-state index contributed by atoms with van der Waals surface area (Å²) in [6.07, 6.45) is 0. The van der Waals surface area contributed by atoms with Gasteiger partial charge in [0.1, 0.15) is 0 Å². The van der Waals surface area contributed by atoms with Gasteiger partial charge in [-0.1, -0.05) is 0 Å². The van der Waals surface area contributed by atoms with Crippen LogP contribution >= 0.6 is 0 Å². The van der Waals surface area contributed by atoms with Crippen LogP contribution in [0.25, 0.3) is 0 Å². The number of hydrogen-bond donors (Lipinski definition) is 1. The van der Waals surface area contributed by atoms with E-state index in [0.29, 0.717) is 5.82 Å². The maximum Gasteiger partial charge on any atom is 0.463 e. The lowest BCUT2D eigenvalue weighted by Crippen LogP contribution is -2.51. The summed E-state index contributed by atoms with van der Waals surface area (Å²) in [6.45, 7) is 12.1. The topological polar surface area (TPSA) is 39.7 Å². The van der Waals surface area contributed by atoms with Crippen molar-refractivity contribution in [2.45, 2.75) is 44.7 Å². The number of hydrogen-bond acceptors (Lipinski definition) is 4. The Balaban J connectivity index is 1.78. The van der Waals surface area contributed by atoms with E-state index in [4.69, 9.17) is 14.0 Å². The van der Waals surface area contributed by atoms with Crippen molar-refractivity contribution >= 4 is 7.12 Å². The van der Waals surface area contributed by atoms with Crippen LogP contribution in [-0.4, -0.2) is 44.6 Å². The Kier molecular flexibility index (Phi) is 2.44. The van der Waals surface area contributed by atoms with Crippen LogP contribution in [0.4, 0.5) is 0 Å². The van der Waals surface area contributed by atoms with Gasteiger partial charge in [0.25, 0.3) is 0 Å². The summed E-state index contributed by atoms with van der Waals surface area (Å²) in [5.41, 5.74) is -0.209. The van der Waals surface area contributed by atoms with Crippen molar-refractivity contribution in [1.82, 2.24) is 5.32 Å². The Morgan fingerprint density at radius 1 is 1.06 bits per heavy atom. The molecule has 3 aliphatic heterocycles. The lowest BCUT2D eigenvalue weighted by atomic mass is 9.58. The minimum absolute atomic E-state index is 0.0982. The molecule has 0 aromatic carbocycles. The summed E-state index contributed by atoms with van der Waals surface area (Å²) in [5, 5.41) is 3.46. The van der Waals surface area contributed by atoms with E-state index < -0.39 is 0 Å². The molecule has 0 amide bonds.